The van der Waals surface area contributed by atoms with Crippen LogP contribution in [0, 0.1) is 0 Å². The number of nitrogens with one attached hydrogen (secondary N) is 1. The van der Waals surface area contributed by atoms with Crippen molar-refractivity contribution in [2.24, 2.45) is 0 Å². The van der Waals surface area contributed by atoms with E-state index in [4.69, 9.17) is 0 Å². The third-order valence-corrected chi connectivity index (χ3v) is 4.56. The van der Waals surface area contributed by atoms with Gasteiger partial charge in [0.1, 0.15) is 0 Å². The van der Waals surface area contributed by atoms with Gasteiger partial charge in [-0.25, -0.2) is 0 Å². The molecular weight excluding hydrogens is 430 g/mol. The van der Waals surface area contributed by atoms with E-state index in [-0.39, 0.29) is 11.3 Å². The van der Waals surface area contributed by atoms with Crippen LogP contribution in [-0.4, -0.2) is 16.4 Å². The van der Waals surface area contributed by atoms with Crippen molar-refractivity contribution in [2.45, 2.75) is 11.7 Å². The third-order valence-electron chi connectivity index (χ3n) is 3.94. The van der Waals surface area contributed by atoms with Crippen LogP contribution >= 0.6 is 11.8 Å². The maximum atomic E-state index is 13.0. The smallest absolute Gasteiger partial charge is 0.320 e. The average Bonchev–Trinajstić information content (AvgIpc) is 2.67. The number of halogens is 6. The minimum atomic E-state index is -4.71. The molecule has 1 heterocycles. The summed E-state index contributed by atoms with van der Waals surface area (Å²) in [7, 11) is 0. The number of thioether (sulfide) groups is 1. The summed E-state index contributed by atoms with van der Waals surface area (Å²) in [5.41, 5.74) is -6.05. The van der Waals surface area contributed by atoms with E-state index >= 15 is 0 Å². The number of alkyl halides is 6. The van der Waals surface area contributed by atoms with Gasteiger partial charge >= 0.3 is 11.7 Å². The molecule has 1 amide bonds. The highest BCUT2D eigenvalue weighted by atomic mass is 32.2. The maximum Gasteiger partial charge on any atom is 0.445 e. The highest BCUT2D eigenvalue weighted by Crippen LogP contribution is 2.36. The van der Waals surface area contributed by atoms with Gasteiger partial charge in [-0.3, -0.25) is 9.78 Å². The largest absolute Gasteiger partial charge is 0.445 e. The molecule has 0 radical (unpaired) electrons. The second-order valence-electron chi connectivity index (χ2n) is 6.01. The number of carbonyl (C=O) groups is 1. The molecule has 0 aliphatic rings. The summed E-state index contributed by atoms with van der Waals surface area (Å²) >= 11 is -0.627. The van der Waals surface area contributed by atoms with Crippen molar-refractivity contribution in [2.75, 3.05) is 5.32 Å². The molecule has 0 spiro atoms. The van der Waals surface area contributed by atoms with Crippen LogP contribution in [0.3, 0.4) is 0 Å². The number of amides is 1. The van der Waals surface area contributed by atoms with Gasteiger partial charge in [-0.05, 0) is 47.0 Å². The number of hydrogen-bond donors (Lipinski definition) is 1. The molecule has 0 aliphatic heterocycles. The van der Waals surface area contributed by atoms with Crippen molar-refractivity contribution >= 4 is 39.8 Å². The molecule has 156 valence electrons. The lowest BCUT2D eigenvalue weighted by molar-refractivity contribution is -0.137. The second-order valence-corrected chi connectivity index (χ2v) is 6.94. The Morgan fingerprint density at radius 2 is 1.67 bits per heavy atom. The first-order valence-electron chi connectivity index (χ1n) is 8.32. The number of aromatic nitrogens is 1. The summed E-state index contributed by atoms with van der Waals surface area (Å²) in [4.78, 5) is 16.9. The van der Waals surface area contributed by atoms with Crippen molar-refractivity contribution < 1.29 is 31.1 Å². The summed E-state index contributed by atoms with van der Waals surface area (Å²) in [5.74, 6) is -0.996. The number of fused-ring (bicyclic) bond motifs is 1. The van der Waals surface area contributed by atoms with Gasteiger partial charge in [0.15, 0.2) is 0 Å². The van der Waals surface area contributed by atoms with Crippen LogP contribution in [-0.2, 0) is 11.0 Å². The van der Waals surface area contributed by atoms with Crippen LogP contribution < -0.4 is 5.32 Å². The summed E-state index contributed by atoms with van der Waals surface area (Å²) in [6.45, 7) is 0. The summed E-state index contributed by atoms with van der Waals surface area (Å²) in [6, 6.07) is 11.8. The van der Waals surface area contributed by atoms with Crippen LogP contribution in [0.25, 0.3) is 16.5 Å². The number of rotatable bonds is 4. The van der Waals surface area contributed by atoms with Crippen LogP contribution in [0.1, 0.15) is 11.1 Å². The lowest BCUT2D eigenvalue weighted by Crippen LogP contribution is -2.15. The molecule has 2 aromatic carbocycles. The van der Waals surface area contributed by atoms with E-state index in [1.807, 2.05) is 0 Å². The number of benzene rings is 2. The van der Waals surface area contributed by atoms with Crippen LogP contribution in [0.15, 0.2) is 66.2 Å². The molecule has 0 fully saturated rings. The highest BCUT2D eigenvalue weighted by molar-refractivity contribution is 8.03. The zero-order valence-electron chi connectivity index (χ0n) is 14.9. The number of para-hydroxylation sites is 1. The molecule has 3 rings (SSSR count). The van der Waals surface area contributed by atoms with Crippen molar-refractivity contribution in [3.8, 4) is 0 Å². The summed E-state index contributed by atoms with van der Waals surface area (Å²) < 4.78 is 77.1. The first-order valence-corrected chi connectivity index (χ1v) is 9.20. The zero-order chi connectivity index (χ0) is 21.9. The average molecular weight is 442 g/mol. The monoisotopic (exact) mass is 442 g/mol. The van der Waals surface area contributed by atoms with E-state index in [1.165, 1.54) is 12.3 Å². The fourth-order valence-electron chi connectivity index (χ4n) is 2.64. The standard InChI is InChI=1S/C20H12F6N2OS/c21-19(22,23)14-7-1-5-13(10-14)15(11-30-20(24,25)26)18(29)28-16-8-2-4-12-6-3-9-27-17(12)16/h1-11H,(H,28,29)/b15-11-. The van der Waals surface area contributed by atoms with Crippen molar-refractivity contribution in [1.29, 1.82) is 0 Å². The van der Waals surface area contributed by atoms with E-state index < -0.39 is 40.5 Å². The van der Waals surface area contributed by atoms with Gasteiger partial charge in [0.2, 0.25) is 0 Å². The molecule has 3 nitrogen and oxygen atoms in total. The van der Waals surface area contributed by atoms with Gasteiger partial charge in [0, 0.05) is 11.6 Å². The Labute approximate surface area is 170 Å². The van der Waals surface area contributed by atoms with Gasteiger partial charge in [-0.15, -0.1) is 0 Å². The second kappa shape index (κ2) is 8.39. The number of carbonyl (C=O) groups excluding carboxylic acids is 1. The Balaban J connectivity index is 2.01. The molecule has 3 aromatic rings. The fourth-order valence-corrected chi connectivity index (χ4v) is 3.13. The topological polar surface area (TPSA) is 42.0 Å². The molecule has 0 bridgehead atoms. The highest BCUT2D eigenvalue weighted by Gasteiger charge is 2.32. The molecule has 0 atom stereocenters. The Kier molecular flexibility index (Phi) is 6.06. The normalized spacial score (nSPS) is 12.8. The molecule has 0 saturated heterocycles. The first-order chi connectivity index (χ1) is 14.0. The maximum absolute atomic E-state index is 13.0. The van der Waals surface area contributed by atoms with Crippen LogP contribution in [0.4, 0.5) is 32.0 Å². The van der Waals surface area contributed by atoms with Gasteiger partial charge in [0.05, 0.1) is 22.3 Å². The van der Waals surface area contributed by atoms with Gasteiger partial charge in [-0.2, -0.15) is 26.3 Å². The predicted molar refractivity (Wildman–Crippen MR) is 103 cm³/mol. The van der Waals surface area contributed by atoms with E-state index in [0.29, 0.717) is 22.4 Å². The molecular formula is C20H12F6N2OS. The lowest BCUT2D eigenvalue weighted by Gasteiger charge is -2.13. The summed E-state index contributed by atoms with van der Waals surface area (Å²) in [5, 5.41) is 3.61. The Morgan fingerprint density at radius 1 is 0.967 bits per heavy atom. The molecule has 0 saturated carbocycles. The first kappa shape index (κ1) is 21.7. The number of pyridine rings is 1. The molecule has 10 heteroatoms. The molecule has 30 heavy (non-hydrogen) atoms. The van der Waals surface area contributed by atoms with E-state index in [9.17, 15) is 31.1 Å². The number of anilines is 1. The van der Waals surface area contributed by atoms with Crippen LogP contribution in [0.2, 0.25) is 0 Å². The van der Waals surface area contributed by atoms with Gasteiger partial charge in [0.25, 0.3) is 5.91 Å². The fraction of sp³-hybridized carbons (Fsp3) is 0.100. The quantitative estimate of drug-likeness (QED) is 0.371. The van der Waals surface area contributed by atoms with E-state index in [1.54, 1.807) is 24.3 Å². The van der Waals surface area contributed by atoms with E-state index in [0.717, 1.165) is 18.2 Å². The number of nitrogens with zero attached hydrogens (tertiary/aromatic N) is 1. The molecule has 1 aromatic heterocycles. The van der Waals surface area contributed by atoms with E-state index in [2.05, 4.69) is 10.3 Å². The summed E-state index contributed by atoms with van der Waals surface area (Å²) in [6.07, 6.45) is -3.24. The molecule has 0 aliphatic carbocycles. The Hall–Kier alpha value is -3.01. The SMILES string of the molecule is O=C(Nc1cccc2cccnc12)/C(=C\SC(F)(F)F)c1cccc(C(F)(F)F)c1. The van der Waals surface area contributed by atoms with Gasteiger partial charge < -0.3 is 5.32 Å². The van der Waals surface area contributed by atoms with Crippen LogP contribution in [0.5, 0.6) is 0 Å². The Bertz CT molecular complexity index is 1100. The molecule has 0 unspecified atom stereocenters. The predicted octanol–water partition coefficient (Wildman–Crippen LogP) is 6.49. The van der Waals surface area contributed by atoms with Crippen molar-refractivity contribution in [1.82, 2.24) is 4.98 Å². The zero-order valence-corrected chi connectivity index (χ0v) is 15.7. The lowest BCUT2D eigenvalue weighted by atomic mass is 10.0. The minimum Gasteiger partial charge on any atom is -0.320 e. The minimum absolute atomic E-state index is 0.216. The van der Waals surface area contributed by atoms with Gasteiger partial charge in [-0.1, -0.05) is 30.3 Å². The molecule has 1 N–H and O–H groups in total. The number of hydrogen-bond acceptors (Lipinski definition) is 3. The Morgan fingerprint density at radius 3 is 2.37 bits per heavy atom. The third kappa shape index (κ3) is 5.32. The van der Waals surface area contributed by atoms with Crippen molar-refractivity contribution in [3.05, 3.63) is 77.3 Å². The van der Waals surface area contributed by atoms with Crippen molar-refractivity contribution in [3.63, 3.8) is 0 Å².